The molecule has 82 valence electrons. The van der Waals surface area contributed by atoms with Gasteiger partial charge in [0.25, 0.3) is 0 Å². The molecule has 15 heavy (non-hydrogen) atoms. The number of nitrogen functional groups attached to an aromatic ring is 1. The molecule has 1 aliphatic carbocycles. The Morgan fingerprint density at radius 3 is 2.87 bits per heavy atom. The molecule has 1 fully saturated rings. The van der Waals surface area contributed by atoms with E-state index in [1.54, 1.807) is 0 Å². The second-order valence-electron chi connectivity index (χ2n) is 4.83. The van der Waals surface area contributed by atoms with Crippen molar-refractivity contribution in [1.29, 1.82) is 0 Å². The average Bonchev–Trinajstić information content (AvgIpc) is 2.41. The molecule has 4 heteroatoms. The smallest absolute Gasteiger partial charge is 0.150 e. The zero-order chi connectivity index (χ0) is 10.4. The molecule has 0 saturated heterocycles. The molecule has 0 unspecified atom stereocenters. The fourth-order valence-corrected chi connectivity index (χ4v) is 2.54. The summed E-state index contributed by atoms with van der Waals surface area (Å²) in [5.41, 5.74) is 8.65. The van der Waals surface area contributed by atoms with Gasteiger partial charge in [-0.25, -0.2) is 0 Å². The number of hydrogen-bond donors (Lipinski definition) is 1. The van der Waals surface area contributed by atoms with Gasteiger partial charge in [-0.3, -0.25) is 4.68 Å². The van der Waals surface area contributed by atoms with Crippen LogP contribution >= 0.6 is 0 Å². The SMILES string of the molecule is CN1CCc2c(c(N)nn2C2CCC2)C1. The number of hydrogen-bond acceptors (Lipinski definition) is 3. The van der Waals surface area contributed by atoms with E-state index in [-0.39, 0.29) is 0 Å². The van der Waals surface area contributed by atoms with Gasteiger partial charge in [-0.15, -0.1) is 0 Å². The molecule has 1 aliphatic heterocycles. The predicted molar refractivity (Wildman–Crippen MR) is 59.6 cm³/mol. The van der Waals surface area contributed by atoms with Crippen LogP contribution in [0.4, 0.5) is 5.82 Å². The summed E-state index contributed by atoms with van der Waals surface area (Å²) in [5.74, 6) is 0.753. The molecule has 0 amide bonds. The standard InChI is InChI=1S/C11H18N4/c1-14-6-5-10-9(7-14)11(12)13-15(10)8-3-2-4-8/h8H,2-7H2,1H3,(H2,12,13). The number of anilines is 1. The Labute approximate surface area is 90.0 Å². The molecule has 2 N–H and O–H groups in total. The minimum atomic E-state index is 0.638. The number of rotatable bonds is 1. The first-order valence-corrected chi connectivity index (χ1v) is 5.80. The molecule has 0 radical (unpaired) electrons. The van der Waals surface area contributed by atoms with Crippen LogP contribution in [-0.2, 0) is 13.0 Å². The minimum Gasteiger partial charge on any atom is -0.382 e. The molecule has 2 heterocycles. The quantitative estimate of drug-likeness (QED) is 0.750. The van der Waals surface area contributed by atoms with Crippen LogP contribution in [0.15, 0.2) is 0 Å². The van der Waals surface area contributed by atoms with Gasteiger partial charge < -0.3 is 10.6 Å². The van der Waals surface area contributed by atoms with Crippen molar-refractivity contribution < 1.29 is 0 Å². The van der Waals surface area contributed by atoms with E-state index in [4.69, 9.17) is 5.73 Å². The molecule has 0 atom stereocenters. The van der Waals surface area contributed by atoms with E-state index in [1.165, 1.54) is 30.5 Å². The summed E-state index contributed by atoms with van der Waals surface area (Å²) >= 11 is 0. The number of nitrogens with zero attached hydrogens (tertiary/aromatic N) is 3. The summed E-state index contributed by atoms with van der Waals surface area (Å²) in [6.07, 6.45) is 5.01. The first-order chi connectivity index (χ1) is 7.25. The molecule has 0 spiro atoms. The second kappa shape index (κ2) is 3.23. The fraction of sp³-hybridized carbons (Fsp3) is 0.727. The first kappa shape index (κ1) is 9.21. The molecule has 4 nitrogen and oxygen atoms in total. The summed E-state index contributed by atoms with van der Waals surface area (Å²) in [6.45, 7) is 2.10. The van der Waals surface area contributed by atoms with Gasteiger partial charge in [0.2, 0.25) is 0 Å². The molecule has 2 aliphatic rings. The number of nitrogens with two attached hydrogens (primary N) is 1. The van der Waals surface area contributed by atoms with Gasteiger partial charge in [0.1, 0.15) is 5.82 Å². The number of aromatic nitrogens is 2. The van der Waals surface area contributed by atoms with Crippen LogP contribution in [0, 0.1) is 0 Å². The Morgan fingerprint density at radius 1 is 1.40 bits per heavy atom. The zero-order valence-electron chi connectivity index (χ0n) is 9.24. The summed E-state index contributed by atoms with van der Waals surface area (Å²) in [7, 11) is 2.14. The molecular formula is C11H18N4. The normalized spacial score (nSPS) is 22.5. The van der Waals surface area contributed by atoms with Crippen LogP contribution in [0.1, 0.15) is 36.6 Å². The van der Waals surface area contributed by atoms with Crippen molar-refractivity contribution >= 4 is 5.82 Å². The third-order valence-corrected chi connectivity index (χ3v) is 3.73. The van der Waals surface area contributed by atoms with Crippen LogP contribution in [-0.4, -0.2) is 28.3 Å². The fourth-order valence-electron chi connectivity index (χ4n) is 2.54. The van der Waals surface area contributed by atoms with Crippen molar-refractivity contribution in [2.45, 2.75) is 38.3 Å². The largest absolute Gasteiger partial charge is 0.382 e. The van der Waals surface area contributed by atoms with Gasteiger partial charge in [0.05, 0.1) is 6.04 Å². The molecular weight excluding hydrogens is 188 g/mol. The highest BCUT2D eigenvalue weighted by molar-refractivity contribution is 5.44. The zero-order valence-corrected chi connectivity index (χ0v) is 9.24. The van der Waals surface area contributed by atoms with Crippen LogP contribution in [0.25, 0.3) is 0 Å². The van der Waals surface area contributed by atoms with Gasteiger partial charge in [-0.2, -0.15) is 5.10 Å². The van der Waals surface area contributed by atoms with E-state index in [0.29, 0.717) is 6.04 Å². The minimum absolute atomic E-state index is 0.638. The lowest BCUT2D eigenvalue weighted by Crippen LogP contribution is -2.29. The lowest BCUT2D eigenvalue weighted by Gasteiger charge is -2.30. The maximum Gasteiger partial charge on any atom is 0.150 e. The van der Waals surface area contributed by atoms with Crippen molar-refractivity contribution in [3.05, 3.63) is 11.3 Å². The van der Waals surface area contributed by atoms with E-state index in [9.17, 15) is 0 Å². The van der Waals surface area contributed by atoms with E-state index in [0.717, 1.165) is 25.3 Å². The lowest BCUT2D eigenvalue weighted by atomic mass is 9.92. The van der Waals surface area contributed by atoms with E-state index < -0.39 is 0 Å². The van der Waals surface area contributed by atoms with Crippen molar-refractivity contribution in [2.75, 3.05) is 19.3 Å². The summed E-state index contributed by atoms with van der Waals surface area (Å²) < 4.78 is 2.21. The predicted octanol–water partition coefficient (Wildman–Crippen LogP) is 1.18. The highest BCUT2D eigenvalue weighted by Crippen LogP contribution is 2.35. The molecule has 1 saturated carbocycles. The lowest BCUT2D eigenvalue weighted by molar-refractivity contribution is 0.264. The van der Waals surface area contributed by atoms with Crippen LogP contribution < -0.4 is 5.73 Å². The van der Waals surface area contributed by atoms with Crippen molar-refractivity contribution in [2.24, 2.45) is 0 Å². The van der Waals surface area contributed by atoms with Gasteiger partial charge >= 0.3 is 0 Å². The maximum absolute atomic E-state index is 5.98. The molecule has 0 bridgehead atoms. The van der Waals surface area contributed by atoms with Crippen LogP contribution in [0.5, 0.6) is 0 Å². The number of fused-ring (bicyclic) bond motifs is 1. The summed E-state index contributed by atoms with van der Waals surface area (Å²) in [6, 6.07) is 0.638. The van der Waals surface area contributed by atoms with Crippen molar-refractivity contribution in [3.63, 3.8) is 0 Å². The Hall–Kier alpha value is -1.03. The molecule has 1 aromatic heterocycles. The first-order valence-electron chi connectivity index (χ1n) is 5.80. The summed E-state index contributed by atoms with van der Waals surface area (Å²) in [4.78, 5) is 2.31. The topological polar surface area (TPSA) is 47.1 Å². The second-order valence-corrected chi connectivity index (χ2v) is 4.83. The molecule has 0 aromatic carbocycles. The maximum atomic E-state index is 5.98. The average molecular weight is 206 g/mol. The van der Waals surface area contributed by atoms with Gasteiger partial charge in [-0.05, 0) is 26.3 Å². The molecule has 1 aromatic rings. The number of likely N-dealkylation sites (N-methyl/N-ethyl adjacent to an activating group) is 1. The van der Waals surface area contributed by atoms with Gasteiger partial charge in [0.15, 0.2) is 0 Å². The Kier molecular flexibility index (Phi) is 1.99. The Morgan fingerprint density at radius 2 is 2.20 bits per heavy atom. The Bertz CT molecular complexity index is 378. The highest BCUT2D eigenvalue weighted by Gasteiger charge is 2.28. The highest BCUT2D eigenvalue weighted by atomic mass is 15.3. The monoisotopic (exact) mass is 206 g/mol. The third-order valence-electron chi connectivity index (χ3n) is 3.73. The van der Waals surface area contributed by atoms with Gasteiger partial charge in [0, 0.05) is 30.8 Å². The Balaban J connectivity index is 1.99. The molecule has 3 rings (SSSR count). The third kappa shape index (κ3) is 1.35. The van der Waals surface area contributed by atoms with E-state index in [1.807, 2.05) is 0 Å². The van der Waals surface area contributed by atoms with Crippen molar-refractivity contribution in [1.82, 2.24) is 14.7 Å². The van der Waals surface area contributed by atoms with Crippen LogP contribution in [0.3, 0.4) is 0 Å². The van der Waals surface area contributed by atoms with E-state index >= 15 is 0 Å². The van der Waals surface area contributed by atoms with E-state index in [2.05, 4.69) is 21.7 Å². The summed E-state index contributed by atoms with van der Waals surface area (Å²) in [5, 5.41) is 4.52. The van der Waals surface area contributed by atoms with Gasteiger partial charge in [-0.1, -0.05) is 0 Å². The van der Waals surface area contributed by atoms with Crippen molar-refractivity contribution in [3.8, 4) is 0 Å². The van der Waals surface area contributed by atoms with Crippen LogP contribution in [0.2, 0.25) is 0 Å².